The second-order valence-corrected chi connectivity index (χ2v) is 5.52. The van der Waals surface area contributed by atoms with Crippen LogP contribution in [0.5, 0.6) is 5.75 Å². The number of aliphatic hydroxyl groups excluding tert-OH is 1. The van der Waals surface area contributed by atoms with Crippen LogP contribution >= 0.6 is 0 Å². The highest BCUT2D eigenvalue weighted by Gasteiger charge is 2.08. The molecule has 4 nitrogen and oxygen atoms in total. The number of aryl methyl sites for hydroxylation is 1. The Balaban J connectivity index is 2.10. The maximum atomic E-state index is 9.78. The van der Waals surface area contributed by atoms with Gasteiger partial charge in [-0.3, -0.25) is 0 Å². The summed E-state index contributed by atoms with van der Waals surface area (Å²) in [6, 6.07) is 8.18. The average molecular weight is 295 g/mol. The first kappa shape index (κ1) is 18.0. The lowest BCUT2D eigenvalue weighted by Crippen LogP contribution is -2.39. The zero-order chi connectivity index (χ0) is 15.5. The van der Waals surface area contributed by atoms with Crippen molar-refractivity contribution in [3.05, 3.63) is 29.8 Å². The van der Waals surface area contributed by atoms with Crippen LogP contribution < -0.4 is 10.1 Å². The number of unbranched alkanes of at least 4 members (excludes halogenated alkanes) is 1. The second-order valence-electron chi connectivity index (χ2n) is 5.52. The molecule has 0 bridgehead atoms. The summed E-state index contributed by atoms with van der Waals surface area (Å²) in [6.45, 7) is 8.42. The van der Waals surface area contributed by atoms with Gasteiger partial charge in [0, 0.05) is 19.2 Å². The van der Waals surface area contributed by atoms with Gasteiger partial charge in [0.05, 0.1) is 12.7 Å². The third-order valence-corrected chi connectivity index (χ3v) is 3.18. The van der Waals surface area contributed by atoms with E-state index in [4.69, 9.17) is 9.47 Å². The SMILES string of the molecule is CCCCOCC(O)CNC(C)COc1ccc(C)cc1. The molecule has 0 aliphatic carbocycles. The summed E-state index contributed by atoms with van der Waals surface area (Å²) in [5.41, 5.74) is 1.22. The highest BCUT2D eigenvalue weighted by atomic mass is 16.5. The third-order valence-electron chi connectivity index (χ3n) is 3.18. The molecule has 120 valence electrons. The fourth-order valence-corrected chi connectivity index (χ4v) is 1.78. The van der Waals surface area contributed by atoms with E-state index in [-0.39, 0.29) is 6.04 Å². The first-order chi connectivity index (χ1) is 10.1. The summed E-state index contributed by atoms with van der Waals surface area (Å²) in [6.07, 6.45) is 1.69. The Kier molecular flexibility index (Phi) is 9.06. The first-order valence-electron chi connectivity index (χ1n) is 7.80. The van der Waals surface area contributed by atoms with Gasteiger partial charge in [0.25, 0.3) is 0 Å². The van der Waals surface area contributed by atoms with Crippen LogP contribution in [-0.2, 0) is 4.74 Å². The molecule has 0 saturated heterocycles. The number of rotatable bonds is 11. The van der Waals surface area contributed by atoms with Crippen molar-refractivity contribution in [1.82, 2.24) is 5.32 Å². The van der Waals surface area contributed by atoms with Gasteiger partial charge in [0.2, 0.25) is 0 Å². The minimum atomic E-state index is -0.469. The van der Waals surface area contributed by atoms with Crippen LogP contribution in [0.4, 0.5) is 0 Å². The molecule has 2 atom stereocenters. The number of nitrogens with one attached hydrogen (secondary N) is 1. The van der Waals surface area contributed by atoms with E-state index in [1.54, 1.807) is 0 Å². The molecule has 0 saturated carbocycles. The van der Waals surface area contributed by atoms with E-state index in [1.807, 2.05) is 31.2 Å². The molecule has 1 aromatic rings. The molecule has 1 rings (SSSR count). The van der Waals surface area contributed by atoms with Crippen LogP contribution in [0.2, 0.25) is 0 Å². The van der Waals surface area contributed by atoms with Crippen molar-refractivity contribution >= 4 is 0 Å². The lowest BCUT2D eigenvalue weighted by atomic mass is 10.2. The van der Waals surface area contributed by atoms with Gasteiger partial charge >= 0.3 is 0 Å². The molecule has 0 spiro atoms. The van der Waals surface area contributed by atoms with E-state index in [0.29, 0.717) is 19.8 Å². The molecule has 0 aliphatic heterocycles. The van der Waals surface area contributed by atoms with E-state index in [1.165, 1.54) is 5.56 Å². The van der Waals surface area contributed by atoms with Gasteiger partial charge in [-0.15, -0.1) is 0 Å². The molecular weight excluding hydrogens is 266 g/mol. The number of benzene rings is 1. The van der Waals surface area contributed by atoms with Crippen molar-refractivity contribution in [1.29, 1.82) is 0 Å². The van der Waals surface area contributed by atoms with E-state index >= 15 is 0 Å². The number of hydrogen-bond donors (Lipinski definition) is 2. The lowest BCUT2D eigenvalue weighted by molar-refractivity contribution is 0.0340. The van der Waals surface area contributed by atoms with Crippen LogP contribution in [0.25, 0.3) is 0 Å². The number of aliphatic hydroxyl groups is 1. The minimum absolute atomic E-state index is 0.177. The van der Waals surface area contributed by atoms with E-state index in [9.17, 15) is 5.11 Å². The molecule has 0 radical (unpaired) electrons. The summed E-state index contributed by atoms with van der Waals surface area (Å²) >= 11 is 0. The smallest absolute Gasteiger partial charge is 0.119 e. The standard InChI is InChI=1S/C17H29NO3/c1-4-5-10-20-13-16(19)11-18-15(3)12-21-17-8-6-14(2)7-9-17/h6-9,15-16,18-19H,4-5,10-13H2,1-3H3. The van der Waals surface area contributed by atoms with Gasteiger partial charge in [-0.2, -0.15) is 0 Å². The van der Waals surface area contributed by atoms with E-state index < -0.39 is 6.10 Å². The van der Waals surface area contributed by atoms with Gasteiger partial charge in [0.1, 0.15) is 12.4 Å². The van der Waals surface area contributed by atoms with Crippen LogP contribution in [0.15, 0.2) is 24.3 Å². The highest BCUT2D eigenvalue weighted by Crippen LogP contribution is 2.11. The maximum Gasteiger partial charge on any atom is 0.119 e. The Labute approximate surface area is 128 Å². The maximum absolute atomic E-state index is 9.78. The summed E-state index contributed by atoms with van der Waals surface area (Å²) < 4.78 is 11.1. The van der Waals surface area contributed by atoms with Crippen molar-refractivity contribution in [3.63, 3.8) is 0 Å². The number of hydrogen-bond acceptors (Lipinski definition) is 4. The highest BCUT2D eigenvalue weighted by molar-refractivity contribution is 5.26. The fraction of sp³-hybridized carbons (Fsp3) is 0.647. The Bertz CT molecular complexity index is 367. The van der Waals surface area contributed by atoms with Crippen LogP contribution in [-0.4, -0.2) is 43.6 Å². The second kappa shape index (κ2) is 10.6. The van der Waals surface area contributed by atoms with E-state index in [2.05, 4.69) is 19.2 Å². The summed E-state index contributed by atoms with van der Waals surface area (Å²) in [7, 11) is 0. The van der Waals surface area contributed by atoms with Crippen molar-refractivity contribution < 1.29 is 14.6 Å². The van der Waals surface area contributed by atoms with Gasteiger partial charge in [-0.25, -0.2) is 0 Å². The average Bonchev–Trinajstić information content (AvgIpc) is 2.49. The molecule has 0 fully saturated rings. The Hall–Kier alpha value is -1.10. The molecule has 2 N–H and O–H groups in total. The topological polar surface area (TPSA) is 50.7 Å². The zero-order valence-corrected chi connectivity index (χ0v) is 13.5. The Morgan fingerprint density at radius 3 is 2.57 bits per heavy atom. The molecule has 1 aromatic carbocycles. The Morgan fingerprint density at radius 2 is 1.90 bits per heavy atom. The molecule has 4 heteroatoms. The van der Waals surface area contributed by atoms with Crippen LogP contribution in [0.3, 0.4) is 0 Å². The van der Waals surface area contributed by atoms with Gasteiger partial charge < -0.3 is 19.9 Å². The molecular formula is C17H29NO3. The normalized spacial score (nSPS) is 13.9. The summed E-state index contributed by atoms with van der Waals surface area (Å²) in [5.74, 6) is 0.873. The molecule has 2 unspecified atom stereocenters. The number of ether oxygens (including phenoxy) is 2. The van der Waals surface area contributed by atoms with Crippen LogP contribution in [0, 0.1) is 6.92 Å². The zero-order valence-electron chi connectivity index (χ0n) is 13.5. The molecule has 21 heavy (non-hydrogen) atoms. The monoisotopic (exact) mass is 295 g/mol. The predicted molar refractivity (Wildman–Crippen MR) is 85.9 cm³/mol. The summed E-state index contributed by atoms with van der Waals surface area (Å²) in [4.78, 5) is 0. The quantitative estimate of drug-likeness (QED) is 0.616. The van der Waals surface area contributed by atoms with Crippen molar-refractivity contribution in [2.24, 2.45) is 0 Å². The molecule has 0 aromatic heterocycles. The predicted octanol–water partition coefficient (Wildman–Crippen LogP) is 2.53. The fourth-order valence-electron chi connectivity index (χ4n) is 1.78. The van der Waals surface area contributed by atoms with Crippen molar-refractivity contribution in [3.8, 4) is 5.75 Å². The van der Waals surface area contributed by atoms with Gasteiger partial charge in [0.15, 0.2) is 0 Å². The van der Waals surface area contributed by atoms with Gasteiger partial charge in [-0.05, 0) is 32.4 Å². The molecule has 0 aliphatic rings. The largest absolute Gasteiger partial charge is 0.492 e. The molecule has 0 heterocycles. The van der Waals surface area contributed by atoms with Crippen molar-refractivity contribution in [2.75, 3.05) is 26.4 Å². The minimum Gasteiger partial charge on any atom is -0.492 e. The lowest BCUT2D eigenvalue weighted by Gasteiger charge is -2.18. The van der Waals surface area contributed by atoms with Crippen molar-refractivity contribution in [2.45, 2.75) is 45.8 Å². The Morgan fingerprint density at radius 1 is 1.19 bits per heavy atom. The third kappa shape index (κ3) is 8.71. The summed E-state index contributed by atoms with van der Waals surface area (Å²) in [5, 5.41) is 13.0. The molecule has 0 amide bonds. The first-order valence-corrected chi connectivity index (χ1v) is 7.80. The van der Waals surface area contributed by atoms with E-state index in [0.717, 1.165) is 25.2 Å². The van der Waals surface area contributed by atoms with Crippen LogP contribution in [0.1, 0.15) is 32.3 Å². The van der Waals surface area contributed by atoms with Gasteiger partial charge in [-0.1, -0.05) is 31.0 Å².